The number of hydrogen-bond acceptors (Lipinski definition) is 3. The summed E-state index contributed by atoms with van der Waals surface area (Å²) < 4.78 is 5.86. The van der Waals surface area contributed by atoms with E-state index in [2.05, 4.69) is 39.5 Å². The number of ether oxygens (including phenoxy) is 1. The van der Waals surface area contributed by atoms with Gasteiger partial charge in [-0.15, -0.1) is 17.0 Å². The first-order chi connectivity index (χ1) is 9.31. The van der Waals surface area contributed by atoms with Gasteiger partial charge in [0.25, 0.3) is 0 Å². The average molecular weight is 357 g/mol. The molecule has 0 spiro atoms. The quantitative estimate of drug-likeness (QED) is 0.352. The van der Waals surface area contributed by atoms with Gasteiger partial charge in [-0.25, -0.2) is 0 Å². The Labute approximate surface area is 138 Å². The molecule has 0 heterocycles. The second-order valence-electron chi connectivity index (χ2n) is 5.62. The first kappa shape index (κ1) is 19.7. The van der Waals surface area contributed by atoms with Gasteiger partial charge in [0.05, 0.1) is 14.1 Å². The lowest BCUT2D eigenvalue weighted by Crippen LogP contribution is -2.41. The summed E-state index contributed by atoms with van der Waals surface area (Å²) in [4.78, 5) is 3.48. The van der Waals surface area contributed by atoms with Gasteiger partial charge in [0.15, 0.2) is 0 Å². The van der Waals surface area contributed by atoms with Crippen molar-refractivity contribution < 1.29 is 9.84 Å². The van der Waals surface area contributed by atoms with Gasteiger partial charge in [-0.05, 0) is 24.1 Å². The molecule has 0 atom stereocenters. The normalized spacial score (nSPS) is 12.0. The van der Waals surface area contributed by atoms with Gasteiger partial charge in [0, 0.05) is 24.4 Å². The maximum absolute atomic E-state index is 11.2. The minimum atomic E-state index is -0.577. The van der Waals surface area contributed by atoms with Crippen LogP contribution >= 0.6 is 17.0 Å². The highest BCUT2D eigenvalue weighted by Gasteiger charge is 2.22. The van der Waals surface area contributed by atoms with Gasteiger partial charge in [0.1, 0.15) is 18.3 Å². The molecule has 4 nitrogen and oxygen atoms in total. The van der Waals surface area contributed by atoms with Crippen molar-refractivity contribution in [1.82, 2.24) is 4.48 Å². The van der Waals surface area contributed by atoms with Gasteiger partial charge >= 0.3 is 0 Å². The van der Waals surface area contributed by atoms with Crippen LogP contribution in [-0.2, 0) is 0 Å². The predicted octanol–water partition coefficient (Wildman–Crippen LogP) is 2.87. The summed E-state index contributed by atoms with van der Waals surface area (Å²) in [7, 11) is 5.69. The lowest BCUT2D eigenvalue weighted by Gasteiger charge is -2.31. The van der Waals surface area contributed by atoms with Crippen molar-refractivity contribution in [2.45, 2.75) is 19.8 Å². The van der Waals surface area contributed by atoms with E-state index in [0.29, 0.717) is 16.2 Å². The summed E-state index contributed by atoms with van der Waals surface area (Å²) in [5.41, 5.74) is 2.37. The predicted molar refractivity (Wildman–Crippen MR) is 93.5 cm³/mol. The Morgan fingerprint density at radius 3 is 2.52 bits per heavy atom. The molecule has 0 fully saturated rings. The summed E-state index contributed by atoms with van der Waals surface area (Å²) >= 11 is 0. The third kappa shape index (κ3) is 5.17. The summed E-state index contributed by atoms with van der Waals surface area (Å²) in [6, 6.07) is 5.75. The Morgan fingerprint density at radius 2 is 2.05 bits per heavy atom. The molecule has 0 amide bonds. The van der Waals surface area contributed by atoms with Gasteiger partial charge in [-0.1, -0.05) is 20.4 Å². The number of halogens is 1. The molecule has 0 radical (unpaired) electrons. The van der Waals surface area contributed by atoms with Crippen LogP contribution in [0.15, 0.2) is 35.8 Å². The molecule has 1 rings (SSSR count). The van der Waals surface area contributed by atoms with Gasteiger partial charge in [-0.3, -0.25) is 9.48 Å². The van der Waals surface area contributed by atoms with Crippen molar-refractivity contribution in [2.75, 3.05) is 27.7 Å². The minimum Gasteiger partial charge on any atom is -0.567 e. The molecule has 5 heteroatoms. The molecule has 0 bridgehead atoms. The third-order valence-corrected chi connectivity index (χ3v) is 3.25. The number of nitrogens with zero attached hydrogens (tertiary/aromatic N) is 2. The molecule has 0 aliphatic carbocycles. The summed E-state index contributed by atoms with van der Waals surface area (Å²) in [6.45, 7) is 8.91. The van der Waals surface area contributed by atoms with Crippen molar-refractivity contribution in [3.63, 3.8) is 0 Å². The monoisotopic (exact) mass is 356 g/mol. The maximum Gasteiger partial charge on any atom is 0.149 e. The molecule has 118 valence electrons. The Hall–Kier alpha value is -1.33. The van der Waals surface area contributed by atoms with Crippen LogP contribution in [0.5, 0.6) is 5.75 Å². The zero-order chi connectivity index (χ0) is 15.3. The maximum atomic E-state index is 11.2. The van der Waals surface area contributed by atoms with E-state index < -0.39 is 6.08 Å². The fraction of sp³-hybridized carbons (Fsp3) is 0.438. The van der Waals surface area contributed by atoms with E-state index in [-0.39, 0.29) is 17.0 Å². The zero-order valence-corrected chi connectivity index (χ0v) is 15.1. The molecule has 21 heavy (non-hydrogen) atoms. The Bertz CT molecular complexity index is 511. The summed E-state index contributed by atoms with van der Waals surface area (Å²) in [6.07, 6.45) is 1.33. The largest absolute Gasteiger partial charge is 0.567 e. The van der Waals surface area contributed by atoms with E-state index in [4.69, 9.17) is 4.74 Å². The first-order valence-corrected chi connectivity index (χ1v) is 6.72. The number of rotatable bonds is 5. The van der Waals surface area contributed by atoms with Crippen LogP contribution in [0.25, 0.3) is 0 Å². The molecule has 0 saturated heterocycles. The standard InChI is InChI=1S/C16H24N2O2.BrH/c1-7-10-18(5,6)15-9-8-13(20-16(19)17-4)11-14(15)12(2)3;/h7-9,11-12H,1,10H2,2-6H3;1H. The van der Waals surface area contributed by atoms with Crippen LogP contribution in [0.4, 0.5) is 5.69 Å². The van der Waals surface area contributed by atoms with E-state index in [9.17, 15) is 5.11 Å². The van der Waals surface area contributed by atoms with Crippen molar-refractivity contribution in [1.29, 1.82) is 0 Å². The second-order valence-corrected chi connectivity index (χ2v) is 5.62. The highest BCUT2D eigenvalue weighted by Crippen LogP contribution is 2.33. The third-order valence-electron chi connectivity index (χ3n) is 3.25. The van der Waals surface area contributed by atoms with Crippen LogP contribution < -0.4 is 14.3 Å². The van der Waals surface area contributed by atoms with Crippen molar-refractivity contribution in [2.24, 2.45) is 4.99 Å². The lowest BCUT2D eigenvalue weighted by atomic mass is 9.99. The minimum absolute atomic E-state index is 0. The number of likely N-dealkylation sites (N-methyl/N-ethyl adjacent to an activating group) is 1. The van der Waals surface area contributed by atoms with Crippen LogP contribution in [0, 0.1) is 0 Å². The number of quaternary nitrogens is 1. The van der Waals surface area contributed by atoms with Gasteiger partial charge < -0.3 is 9.84 Å². The number of aliphatic imine (C=N–C) groups is 1. The van der Waals surface area contributed by atoms with Crippen molar-refractivity contribution in [3.05, 3.63) is 36.4 Å². The number of benzene rings is 1. The summed E-state index contributed by atoms with van der Waals surface area (Å²) in [5.74, 6) is 0.871. The van der Waals surface area contributed by atoms with E-state index in [1.807, 2.05) is 24.3 Å². The van der Waals surface area contributed by atoms with Crippen molar-refractivity contribution in [3.8, 4) is 5.75 Å². The topological polar surface area (TPSA) is 44.6 Å². The smallest absolute Gasteiger partial charge is 0.149 e. The van der Waals surface area contributed by atoms with Crippen molar-refractivity contribution >= 4 is 28.8 Å². The Balaban J connectivity index is 0.00000400. The van der Waals surface area contributed by atoms with E-state index in [1.165, 1.54) is 18.3 Å². The van der Waals surface area contributed by atoms with Crippen LogP contribution in [-0.4, -0.2) is 33.8 Å². The fourth-order valence-electron chi connectivity index (χ4n) is 2.18. The summed E-state index contributed by atoms with van der Waals surface area (Å²) in [5, 5.41) is 11.2. The molecule has 1 aromatic carbocycles. The second kappa shape index (κ2) is 8.20. The molecule has 0 N–H and O–H groups in total. The fourth-order valence-corrected chi connectivity index (χ4v) is 2.18. The molecule has 0 unspecified atom stereocenters. The zero-order valence-electron chi connectivity index (χ0n) is 13.4. The molecular weight excluding hydrogens is 332 g/mol. The average Bonchev–Trinajstić information content (AvgIpc) is 2.38. The van der Waals surface area contributed by atoms with Crippen LogP contribution in [0.3, 0.4) is 0 Å². The highest BCUT2D eigenvalue weighted by atomic mass is 79.9. The Morgan fingerprint density at radius 1 is 1.43 bits per heavy atom. The molecule has 0 aromatic heterocycles. The first-order valence-electron chi connectivity index (χ1n) is 6.72. The Kier molecular flexibility index (Phi) is 7.68. The van der Waals surface area contributed by atoms with Crippen LogP contribution in [0.2, 0.25) is 0 Å². The number of hydrogen-bond donors (Lipinski definition) is 0. The van der Waals surface area contributed by atoms with Gasteiger partial charge in [0.2, 0.25) is 0 Å². The SMILES string of the molecule is Br.C=CC[N+](C)(C)c1ccc(OC([O-])=NC)cc1C(C)C. The molecule has 1 aromatic rings. The molecule has 0 aliphatic heterocycles. The molecular formula is C16H25BrN2O2. The van der Waals surface area contributed by atoms with E-state index >= 15 is 0 Å². The van der Waals surface area contributed by atoms with E-state index in [0.717, 1.165) is 6.54 Å². The molecule has 0 saturated carbocycles. The van der Waals surface area contributed by atoms with Crippen LogP contribution in [0.1, 0.15) is 25.3 Å². The van der Waals surface area contributed by atoms with Gasteiger partial charge in [-0.2, -0.15) is 0 Å². The molecule has 0 aliphatic rings. The lowest BCUT2D eigenvalue weighted by molar-refractivity contribution is -0.240. The van der Waals surface area contributed by atoms with E-state index in [1.54, 1.807) is 0 Å². The highest BCUT2D eigenvalue weighted by molar-refractivity contribution is 8.93.